The van der Waals surface area contributed by atoms with E-state index in [1.54, 1.807) is 24.3 Å². The van der Waals surface area contributed by atoms with E-state index in [9.17, 15) is 4.79 Å². The number of carbonyl (C=O) groups is 1. The SMILES string of the molecule is O=C(O)C1C=CC=C1.[Fe].c1cc[cH-]c1. The molecule has 0 radical (unpaired) electrons. The van der Waals surface area contributed by atoms with E-state index in [-0.39, 0.29) is 23.0 Å². The zero-order chi connectivity index (χ0) is 9.52. The number of allylic oxidation sites excluding steroid dienone is 2. The average Bonchev–Trinajstić information content (AvgIpc) is 2.82. The Bertz CT molecular complexity index is 270. The molecule has 3 heteroatoms. The summed E-state index contributed by atoms with van der Waals surface area (Å²) >= 11 is 0. The van der Waals surface area contributed by atoms with Crippen LogP contribution in [0.25, 0.3) is 0 Å². The summed E-state index contributed by atoms with van der Waals surface area (Å²) in [5.41, 5.74) is 0. The first-order chi connectivity index (χ1) is 6.30. The Morgan fingerprint density at radius 1 is 1.14 bits per heavy atom. The van der Waals surface area contributed by atoms with Gasteiger partial charge in [0.25, 0.3) is 0 Å². The first-order valence-electron chi connectivity index (χ1n) is 4.05. The van der Waals surface area contributed by atoms with Crippen molar-refractivity contribution in [3.63, 3.8) is 0 Å². The van der Waals surface area contributed by atoms with Crippen LogP contribution in [0.5, 0.6) is 0 Å². The molecule has 1 aromatic carbocycles. The van der Waals surface area contributed by atoms with E-state index in [2.05, 4.69) is 0 Å². The molecule has 1 aliphatic rings. The Morgan fingerprint density at radius 2 is 1.64 bits per heavy atom. The van der Waals surface area contributed by atoms with E-state index in [4.69, 9.17) is 5.11 Å². The molecule has 0 fully saturated rings. The molecule has 14 heavy (non-hydrogen) atoms. The smallest absolute Gasteiger partial charge is 0.314 e. The molecule has 0 aromatic heterocycles. The van der Waals surface area contributed by atoms with E-state index in [0.29, 0.717) is 0 Å². The average molecular weight is 231 g/mol. The second-order valence-corrected chi connectivity index (χ2v) is 2.60. The Balaban J connectivity index is 0.000000246. The van der Waals surface area contributed by atoms with Gasteiger partial charge in [-0.3, -0.25) is 4.79 Å². The summed E-state index contributed by atoms with van der Waals surface area (Å²) in [5, 5.41) is 8.31. The van der Waals surface area contributed by atoms with Crippen molar-refractivity contribution in [2.45, 2.75) is 0 Å². The van der Waals surface area contributed by atoms with Crippen LogP contribution >= 0.6 is 0 Å². The van der Waals surface area contributed by atoms with E-state index in [0.717, 1.165) is 0 Å². The molecule has 1 N–H and O–H groups in total. The van der Waals surface area contributed by atoms with Crippen molar-refractivity contribution < 1.29 is 27.0 Å². The van der Waals surface area contributed by atoms with Crippen LogP contribution in [0, 0.1) is 5.92 Å². The fraction of sp³-hybridized carbons (Fsp3) is 0.0909. The minimum atomic E-state index is -0.782. The Labute approximate surface area is 93.8 Å². The molecule has 0 bridgehead atoms. The van der Waals surface area contributed by atoms with E-state index in [1.165, 1.54) is 0 Å². The molecule has 76 valence electrons. The summed E-state index contributed by atoms with van der Waals surface area (Å²) in [6, 6.07) is 10.0. The van der Waals surface area contributed by atoms with Crippen LogP contribution in [0.15, 0.2) is 54.6 Å². The van der Waals surface area contributed by atoms with Crippen LogP contribution in [0.1, 0.15) is 0 Å². The van der Waals surface area contributed by atoms with Crippen molar-refractivity contribution in [3.8, 4) is 0 Å². The van der Waals surface area contributed by atoms with Crippen LogP contribution in [-0.2, 0) is 21.9 Å². The molecule has 1 aromatic rings. The summed E-state index contributed by atoms with van der Waals surface area (Å²) in [5.74, 6) is -1.16. The van der Waals surface area contributed by atoms with Crippen molar-refractivity contribution in [3.05, 3.63) is 54.6 Å². The van der Waals surface area contributed by atoms with Gasteiger partial charge in [0.05, 0.1) is 5.92 Å². The fourth-order valence-corrected chi connectivity index (χ4v) is 0.917. The van der Waals surface area contributed by atoms with Gasteiger partial charge in [0.15, 0.2) is 0 Å². The minimum Gasteiger partial charge on any atom is -0.481 e. The summed E-state index contributed by atoms with van der Waals surface area (Å²) in [6.07, 6.45) is 6.75. The number of carboxylic acids is 1. The van der Waals surface area contributed by atoms with Gasteiger partial charge in [-0.15, -0.1) is 0 Å². The third-order valence-corrected chi connectivity index (χ3v) is 1.59. The summed E-state index contributed by atoms with van der Waals surface area (Å²) in [6.45, 7) is 0. The normalized spacial score (nSPS) is 12.9. The van der Waals surface area contributed by atoms with E-state index < -0.39 is 5.97 Å². The topological polar surface area (TPSA) is 37.3 Å². The van der Waals surface area contributed by atoms with Gasteiger partial charge in [0, 0.05) is 17.1 Å². The Morgan fingerprint density at radius 3 is 1.86 bits per heavy atom. The molecule has 0 unspecified atom stereocenters. The minimum absolute atomic E-state index is 0. The number of carboxylic acid groups (broad SMARTS) is 1. The molecule has 1 aliphatic carbocycles. The van der Waals surface area contributed by atoms with Crippen molar-refractivity contribution >= 4 is 5.97 Å². The second-order valence-electron chi connectivity index (χ2n) is 2.60. The van der Waals surface area contributed by atoms with Crippen LogP contribution in [-0.4, -0.2) is 11.1 Å². The number of hydrogen-bond donors (Lipinski definition) is 1. The van der Waals surface area contributed by atoms with Gasteiger partial charge in [-0.2, -0.15) is 18.2 Å². The molecule has 0 saturated carbocycles. The summed E-state index contributed by atoms with van der Waals surface area (Å²) in [7, 11) is 0. The zero-order valence-electron chi connectivity index (χ0n) is 7.48. The third kappa shape index (κ3) is 4.75. The quantitative estimate of drug-likeness (QED) is 0.594. The molecule has 0 spiro atoms. The maximum absolute atomic E-state index is 10.1. The van der Waals surface area contributed by atoms with Crippen LogP contribution in [0.4, 0.5) is 0 Å². The van der Waals surface area contributed by atoms with Gasteiger partial charge in [-0.25, -0.2) is 12.1 Å². The molecule has 2 nitrogen and oxygen atoms in total. The molecule has 0 aliphatic heterocycles. The van der Waals surface area contributed by atoms with Gasteiger partial charge in [0.1, 0.15) is 0 Å². The maximum Gasteiger partial charge on any atom is 0.314 e. The Hall–Kier alpha value is -1.18. The molecule has 0 atom stereocenters. The molecule has 2 rings (SSSR count). The number of hydrogen-bond acceptors (Lipinski definition) is 1. The number of rotatable bonds is 1. The van der Waals surface area contributed by atoms with E-state index >= 15 is 0 Å². The van der Waals surface area contributed by atoms with Crippen molar-refractivity contribution in [1.82, 2.24) is 0 Å². The van der Waals surface area contributed by atoms with Gasteiger partial charge in [0.2, 0.25) is 0 Å². The van der Waals surface area contributed by atoms with Crippen molar-refractivity contribution in [2.75, 3.05) is 0 Å². The summed E-state index contributed by atoms with van der Waals surface area (Å²) in [4.78, 5) is 10.1. The third-order valence-electron chi connectivity index (χ3n) is 1.59. The van der Waals surface area contributed by atoms with E-state index in [1.807, 2.05) is 30.3 Å². The van der Waals surface area contributed by atoms with Gasteiger partial charge < -0.3 is 5.11 Å². The fourth-order valence-electron chi connectivity index (χ4n) is 0.917. The molecular formula is C11H11FeO2-. The second kappa shape index (κ2) is 7.24. The van der Waals surface area contributed by atoms with Crippen LogP contribution in [0.2, 0.25) is 0 Å². The zero-order valence-corrected chi connectivity index (χ0v) is 8.59. The first kappa shape index (κ1) is 12.8. The number of aliphatic carboxylic acids is 1. The molecule has 0 amide bonds. The van der Waals surface area contributed by atoms with Crippen molar-refractivity contribution in [1.29, 1.82) is 0 Å². The van der Waals surface area contributed by atoms with Crippen LogP contribution in [0.3, 0.4) is 0 Å². The van der Waals surface area contributed by atoms with Crippen molar-refractivity contribution in [2.24, 2.45) is 5.92 Å². The maximum atomic E-state index is 10.1. The monoisotopic (exact) mass is 231 g/mol. The van der Waals surface area contributed by atoms with Crippen LogP contribution < -0.4 is 0 Å². The first-order valence-corrected chi connectivity index (χ1v) is 4.05. The van der Waals surface area contributed by atoms with Gasteiger partial charge in [-0.1, -0.05) is 24.3 Å². The standard InChI is InChI=1S/C6H6O2.C5H5.Fe/c7-6(8)5-3-1-2-4-5;1-2-4-5-3-1;/h1-5H,(H,7,8);1-5H;/q;-1;. The largest absolute Gasteiger partial charge is 0.481 e. The molecule has 0 saturated heterocycles. The predicted octanol–water partition coefficient (Wildman–Crippen LogP) is 2.22. The Kier molecular flexibility index (Phi) is 6.63. The van der Waals surface area contributed by atoms with Gasteiger partial charge in [-0.05, 0) is 0 Å². The molecular weight excluding hydrogens is 220 g/mol. The van der Waals surface area contributed by atoms with Gasteiger partial charge >= 0.3 is 5.97 Å². The predicted molar refractivity (Wildman–Crippen MR) is 51.4 cm³/mol. The molecule has 0 heterocycles. The summed E-state index contributed by atoms with van der Waals surface area (Å²) < 4.78 is 0.